The normalized spacial score (nSPS) is 26.4. The number of amides is 18. The molecule has 31 N–H and O–H groups in total. The molecular weight excluding hydrogens is 1840 g/mol. The van der Waals surface area contributed by atoms with Crippen molar-refractivity contribution in [3.05, 3.63) is 36.4 Å². The van der Waals surface area contributed by atoms with Crippen molar-refractivity contribution in [2.75, 3.05) is 94.0 Å². The maximum Gasteiger partial charge on any atom is 0.257 e. The van der Waals surface area contributed by atoms with Gasteiger partial charge in [-0.1, -0.05) is 61.8 Å². The van der Waals surface area contributed by atoms with Gasteiger partial charge in [-0.2, -0.15) is 35.3 Å². The number of hydrogen-bond donors (Lipinski definition) is 27. The fraction of sp³-hybridized carbons (Fsp3) is 0.683. The van der Waals surface area contributed by atoms with E-state index in [0.29, 0.717) is 0 Å². The summed E-state index contributed by atoms with van der Waals surface area (Å²) >= 11 is 2.96. The molecule has 4 aliphatic heterocycles. The number of aliphatic hydroxyl groups is 3. The van der Waals surface area contributed by atoms with Gasteiger partial charge in [0.05, 0.1) is 69.9 Å². The van der Waals surface area contributed by atoms with Crippen LogP contribution in [0.25, 0.3) is 0 Å². The van der Waals surface area contributed by atoms with Gasteiger partial charge < -0.3 is 142 Å². The van der Waals surface area contributed by atoms with Crippen LogP contribution in [0.5, 0.6) is 0 Å². The minimum atomic E-state index is -1.90. The Bertz CT molecular complexity index is 4410. The van der Waals surface area contributed by atoms with Gasteiger partial charge >= 0.3 is 0 Å². The zero-order valence-corrected chi connectivity index (χ0v) is 80.1. The van der Waals surface area contributed by atoms with Crippen molar-refractivity contribution in [2.45, 2.75) is 236 Å². The average molecular weight is 1970 g/mol. The van der Waals surface area contributed by atoms with E-state index in [-0.39, 0.29) is 168 Å². The van der Waals surface area contributed by atoms with Crippen molar-refractivity contribution >= 4 is 154 Å². The van der Waals surface area contributed by atoms with E-state index >= 15 is 4.79 Å². The van der Waals surface area contributed by atoms with Crippen LogP contribution in [-0.2, 0) is 99.1 Å². The molecule has 51 nitrogen and oxygen atoms in total. The predicted octanol–water partition coefficient (Wildman–Crippen LogP) is -9.40. The Labute approximate surface area is 799 Å². The highest BCUT2D eigenvalue weighted by atomic mass is 32.2. The van der Waals surface area contributed by atoms with E-state index < -0.39 is 259 Å². The molecule has 0 radical (unpaired) electrons. The van der Waals surface area contributed by atoms with Crippen LogP contribution in [0.4, 0.5) is 0 Å². The van der Waals surface area contributed by atoms with E-state index in [9.17, 15) is 96.8 Å². The predicted molar refractivity (Wildman–Crippen MR) is 498 cm³/mol. The Balaban J connectivity index is 1.43. The zero-order valence-electron chi connectivity index (χ0n) is 77.7. The third kappa shape index (κ3) is 37.1. The number of rotatable bonds is 23. The summed E-state index contributed by atoms with van der Waals surface area (Å²) in [6.45, 7) is 8.98. The molecule has 4 aliphatic rings. The number of H-pyrrole nitrogens is 2. The molecule has 0 spiro atoms. The van der Waals surface area contributed by atoms with Gasteiger partial charge in [0, 0.05) is 98.6 Å². The summed E-state index contributed by atoms with van der Waals surface area (Å²) in [6.07, 6.45) is 3.98. The first-order chi connectivity index (χ1) is 64.6. The van der Waals surface area contributed by atoms with Gasteiger partial charge in [0.25, 0.3) is 5.91 Å². The van der Waals surface area contributed by atoms with Crippen molar-refractivity contribution < 1.29 is 102 Å². The van der Waals surface area contributed by atoms with Crippen LogP contribution >= 0.6 is 35.3 Å². The molecule has 6 rings (SSSR count). The molecular formula is C82H136N30O21S3. The summed E-state index contributed by atoms with van der Waals surface area (Å²) < 4.78 is 0. The Morgan fingerprint density at radius 2 is 0.882 bits per heavy atom. The molecule has 2 aromatic heterocycles. The van der Waals surface area contributed by atoms with Crippen LogP contribution in [0, 0.1) is 34.5 Å². The van der Waals surface area contributed by atoms with E-state index in [1.165, 1.54) is 44.6 Å². The maximum atomic E-state index is 15.0. The number of nitrogens with two attached hydrogens (primary N) is 4. The summed E-state index contributed by atoms with van der Waals surface area (Å²) in [4.78, 5) is 280. The molecule has 758 valence electrons. The number of aliphatic hydroxyl groups excluding tert-OH is 3. The quantitative estimate of drug-likeness (QED) is 0.0279. The first kappa shape index (κ1) is 113. The third-order valence-electron chi connectivity index (χ3n) is 22.4. The molecule has 18 amide bonds. The van der Waals surface area contributed by atoms with Crippen LogP contribution < -0.4 is 108 Å². The minimum Gasteiger partial charge on any atom is -0.394 e. The lowest BCUT2D eigenvalue weighted by Gasteiger charge is -2.42. The summed E-state index contributed by atoms with van der Waals surface area (Å²) in [5, 5.41) is 83.9. The van der Waals surface area contributed by atoms with Crippen molar-refractivity contribution in [1.29, 1.82) is 10.8 Å². The smallest absolute Gasteiger partial charge is 0.257 e. The number of imidazole rings is 2. The summed E-state index contributed by atoms with van der Waals surface area (Å²) in [7, 11) is 0. The van der Waals surface area contributed by atoms with Crippen LogP contribution in [0.1, 0.15) is 144 Å². The third-order valence-corrected chi connectivity index (χ3v) is 25.6. The van der Waals surface area contributed by atoms with Crippen molar-refractivity contribution in [1.82, 2.24) is 125 Å². The summed E-state index contributed by atoms with van der Waals surface area (Å²) in [6, 6.07) is -23.4. The Hall–Kier alpha value is -11.7. The molecule has 16 atom stereocenters. The second-order valence-corrected chi connectivity index (χ2v) is 38.0. The number of aromatic amines is 2. The number of aromatic nitrogens is 4. The summed E-state index contributed by atoms with van der Waals surface area (Å²) in [5.41, 5.74) is 28.4. The molecule has 0 aliphatic carbocycles. The highest BCUT2D eigenvalue weighted by Crippen LogP contribution is 2.24. The number of hydrazine groups is 1. The monoisotopic (exact) mass is 1970 g/mol. The number of carbonyl (C=O) groups is 18. The van der Waals surface area contributed by atoms with Gasteiger partial charge in [0.2, 0.25) is 100 Å². The molecule has 4 fully saturated rings. The fourth-order valence-electron chi connectivity index (χ4n) is 14.7. The first-order valence-electron chi connectivity index (χ1n) is 45.1. The Morgan fingerprint density at radius 1 is 0.478 bits per heavy atom. The van der Waals surface area contributed by atoms with E-state index in [4.69, 9.17) is 33.8 Å². The van der Waals surface area contributed by atoms with Crippen molar-refractivity contribution in [3.8, 4) is 0 Å². The standard InChI is InChI=1S/C82H136N30O21S3/c1-9-45(8)65-79(132)99-53(28-47-30-90-38-94-47)71(124)103-58(66(84)119)35-135-23-17-62(117)110-39-109-40-111(41-110)63(118)18-24-136-36-59(104-72(125)52(27-46-29-89-37-93-46)98-74(127)55(31-113)101-68(121)49(13-10-19-91-81(85)86)96-78(131)64(44(6)7)105-67(120)48(83)34-134-22-16-61(109)116)76(129)108-107-57(33-115)75(128)102-56(32-114)73(126)97-51(25-42(2)3)70(123)100-54(26-43(4)5)80(133)112-21-12-15-60(112)77(130)95-50(69(122)106-65)14-11-20-92-82(87)88/h29-30,37-38,42-45,48-60,64-65,107,113-115H,9-28,31-36,39-41,83H2,1-8H3,(H2,84,119)(H,89,93)(H,90,94)(H,95,130)(H,96,131)(H,97,126)(H,98,127)(H,99,132)(H,100,123)(H,101,121)(H,102,128)(H,103,124)(H,104,125)(H,105,120)(H,106,122)(H,108,129)(H4,85,86,91)(H4,87,88,92)/t45-,48-,49-,50-,51-,52-,53-,54-,55-,56-,57-,58-,59-,60-,64-,65-/m0/s1. The average Bonchev–Trinajstić information content (AvgIpc) is 1.54. The number of nitrogens with one attached hydrogen (secondary N) is 20. The number of nitrogens with zero attached hydrogens (tertiary/aromatic N) is 6. The highest BCUT2D eigenvalue weighted by molar-refractivity contribution is 7.99. The zero-order chi connectivity index (χ0) is 101. The molecule has 2 aromatic rings. The molecule has 0 saturated carbocycles. The topological polar surface area (TPSA) is 783 Å². The van der Waals surface area contributed by atoms with Crippen molar-refractivity contribution in [3.63, 3.8) is 0 Å². The SMILES string of the molecule is CC[C@H](C)[C@@H]1NC(=O)[C@H](CCCNC(=N)N)NC(=O)[C@@H]2CCCN2C(=O)[C@H](CC(C)C)NC(=O)[C@H](CC(C)C)NC(=O)[C@H](CO)NC(=O)[C@H](CO)NNC(=O)[C@@H]2CSCCC(=O)N3CN(CN(C3)C(=O)CCSC[C@H](N)C(=O)N[C@@H](C(C)C)C(=O)N[C@@H](CCCNC(=N)N)C(=O)N[C@@H](CO)C(=O)N[C@@H](Cc3c[nH]cn3)C(=O)N2)C(=O)CCSC[C@@H](C(N)=O)NC(=O)[C@H](Cc2c[nH]cn2)NC1=O. The van der Waals surface area contributed by atoms with Crippen LogP contribution in [0.2, 0.25) is 0 Å². The first-order valence-corrected chi connectivity index (χ1v) is 48.6. The largest absolute Gasteiger partial charge is 0.394 e. The molecule has 6 heterocycles. The van der Waals surface area contributed by atoms with Crippen LogP contribution in [-0.4, -0.2) is 358 Å². The molecule has 4 saturated heterocycles. The van der Waals surface area contributed by atoms with Crippen LogP contribution in [0.15, 0.2) is 25.0 Å². The lowest BCUT2D eigenvalue weighted by molar-refractivity contribution is -0.158. The molecule has 54 heteroatoms. The number of primary amides is 1. The second kappa shape index (κ2) is 57.3. The number of fused-ring (bicyclic) bond motifs is 8. The number of carbonyl (C=O) groups excluding carboxylic acids is 18. The van der Waals surface area contributed by atoms with Crippen molar-refractivity contribution in [2.24, 2.45) is 46.6 Å². The molecule has 0 aromatic carbocycles. The summed E-state index contributed by atoms with van der Waals surface area (Å²) in [5.74, 6) is -20.5. The van der Waals surface area contributed by atoms with Crippen LogP contribution in [0.3, 0.4) is 0 Å². The molecule has 4 bridgehead atoms. The van der Waals surface area contributed by atoms with E-state index in [2.05, 4.69) is 105 Å². The fourth-order valence-corrected chi connectivity index (χ4v) is 17.5. The van der Waals surface area contributed by atoms with Gasteiger partial charge in [-0.25, -0.2) is 15.4 Å². The maximum absolute atomic E-state index is 15.0. The van der Waals surface area contributed by atoms with E-state index in [1.54, 1.807) is 55.4 Å². The minimum absolute atomic E-state index is 0.00387. The second-order valence-electron chi connectivity index (χ2n) is 34.6. The van der Waals surface area contributed by atoms with Gasteiger partial charge in [0.15, 0.2) is 11.9 Å². The number of guanidine groups is 2. The van der Waals surface area contributed by atoms with Gasteiger partial charge in [-0.05, 0) is 75.0 Å². The Morgan fingerprint density at radius 3 is 1.35 bits per heavy atom. The van der Waals surface area contributed by atoms with Gasteiger partial charge in [0.1, 0.15) is 84.6 Å². The van der Waals surface area contributed by atoms with E-state index in [0.717, 1.165) is 35.3 Å². The number of thioether (sulfide) groups is 3. The Kier molecular flexibility index (Phi) is 47.6. The van der Waals surface area contributed by atoms with E-state index in [1.807, 2.05) is 0 Å². The molecule has 136 heavy (non-hydrogen) atoms. The van der Waals surface area contributed by atoms with Gasteiger partial charge in [-0.15, -0.1) is 0 Å². The lowest BCUT2D eigenvalue weighted by atomic mass is 9.96. The highest BCUT2D eigenvalue weighted by Gasteiger charge is 2.44. The number of hydrogen-bond acceptors (Lipinski definition) is 30. The molecule has 0 unspecified atom stereocenters. The lowest BCUT2D eigenvalue weighted by Crippen LogP contribution is -2.63. The van der Waals surface area contributed by atoms with Gasteiger partial charge in [-0.3, -0.25) is 103 Å².